The first kappa shape index (κ1) is 24.6. The normalized spacial score (nSPS) is 16.1. The van der Waals surface area contributed by atoms with Crippen molar-refractivity contribution in [2.75, 3.05) is 23.8 Å². The molecule has 0 bridgehead atoms. The lowest BCUT2D eigenvalue weighted by atomic mass is 10.0. The molecule has 0 fully saturated rings. The molecular weight excluding hydrogens is 470 g/mol. The van der Waals surface area contributed by atoms with Crippen molar-refractivity contribution >= 4 is 51.8 Å². The minimum absolute atomic E-state index is 0.143. The van der Waals surface area contributed by atoms with E-state index >= 15 is 0 Å². The minimum atomic E-state index is -0.838. The van der Waals surface area contributed by atoms with E-state index in [-0.39, 0.29) is 23.7 Å². The van der Waals surface area contributed by atoms with Crippen LogP contribution in [0.1, 0.15) is 37.4 Å². The number of nitrogens with zero attached hydrogens (tertiary/aromatic N) is 2. The van der Waals surface area contributed by atoms with Crippen LogP contribution in [0.15, 0.2) is 47.5 Å². The zero-order valence-corrected chi connectivity index (χ0v) is 21.5. The molecule has 1 aliphatic heterocycles. The number of hydrogen-bond donors (Lipinski definition) is 1. The van der Waals surface area contributed by atoms with Crippen LogP contribution in [0.5, 0.6) is 0 Å². The molecule has 0 saturated heterocycles. The Morgan fingerprint density at radius 1 is 1.26 bits per heavy atom. The van der Waals surface area contributed by atoms with Gasteiger partial charge in [-0.25, -0.2) is 0 Å². The number of nitrogens with one attached hydrogen (secondary N) is 1. The van der Waals surface area contributed by atoms with Crippen LogP contribution in [0.3, 0.4) is 0 Å². The minimum Gasteiger partial charge on any atom is -0.379 e. The molecule has 2 aromatic carbocycles. The molecule has 34 heavy (non-hydrogen) atoms. The van der Waals surface area contributed by atoms with Crippen molar-refractivity contribution in [1.29, 1.82) is 0 Å². The SMILES string of the molecule is Cc1ccc(N2C(=O)CSc3c(c4ccccc4n3C)[C@H]2C(=O)NCCCOC(C)C)c(Cl)c1. The molecule has 1 atom stereocenters. The second-order valence-corrected chi connectivity index (χ2v) is 10.1. The van der Waals surface area contributed by atoms with Gasteiger partial charge in [0.2, 0.25) is 11.8 Å². The van der Waals surface area contributed by atoms with Crippen LogP contribution in [0.2, 0.25) is 5.02 Å². The summed E-state index contributed by atoms with van der Waals surface area (Å²) in [5, 5.41) is 5.37. The van der Waals surface area contributed by atoms with Gasteiger partial charge in [-0.05, 0) is 51.0 Å². The molecule has 2 amide bonds. The number of anilines is 1. The molecule has 6 nitrogen and oxygen atoms in total. The molecule has 0 unspecified atom stereocenters. The lowest BCUT2D eigenvalue weighted by molar-refractivity contribution is -0.125. The summed E-state index contributed by atoms with van der Waals surface area (Å²) >= 11 is 8.09. The summed E-state index contributed by atoms with van der Waals surface area (Å²) < 4.78 is 7.67. The van der Waals surface area contributed by atoms with Crippen LogP contribution in [-0.2, 0) is 21.4 Å². The molecule has 0 radical (unpaired) electrons. The molecule has 1 aromatic heterocycles. The van der Waals surface area contributed by atoms with Gasteiger partial charge in [0, 0.05) is 36.7 Å². The quantitative estimate of drug-likeness (QED) is 0.451. The van der Waals surface area contributed by atoms with E-state index in [9.17, 15) is 9.59 Å². The third-order valence-corrected chi connectivity index (χ3v) is 7.37. The van der Waals surface area contributed by atoms with Crippen molar-refractivity contribution in [3.63, 3.8) is 0 Å². The summed E-state index contributed by atoms with van der Waals surface area (Å²) in [5.74, 6) is -0.165. The van der Waals surface area contributed by atoms with E-state index in [0.717, 1.165) is 27.1 Å². The number of thioether (sulfide) groups is 1. The highest BCUT2D eigenvalue weighted by molar-refractivity contribution is 8.00. The zero-order chi connectivity index (χ0) is 24.4. The van der Waals surface area contributed by atoms with Gasteiger partial charge in [-0.15, -0.1) is 0 Å². The van der Waals surface area contributed by atoms with Gasteiger partial charge in [0.05, 0.1) is 27.6 Å². The number of aryl methyl sites for hydroxylation is 2. The van der Waals surface area contributed by atoms with Gasteiger partial charge in [0.15, 0.2) is 0 Å². The fraction of sp³-hybridized carbons (Fsp3) is 0.385. The first-order valence-electron chi connectivity index (χ1n) is 11.5. The maximum absolute atomic E-state index is 13.8. The lowest BCUT2D eigenvalue weighted by Gasteiger charge is -2.30. The summed E-state index contributed by atoms with van der Waals surface area (Å²) in [4.78, 5) is 28.8. The van der Waals surface area contributed by atoms with Crippen molar-refractivity contribution in [1.82, 2.24) is 9.88 Å². The standard InChI is InChI=1S/C26H30ClN3O3S/c1-16(2)33-13-7-12-28-25(32)24-23-18-8-5-6-9-20(18)29(4)26(23)34-15-22(31)30(24)21-11-10-17(3)14-19(21)27/h5-6,8-11,14,16,24H,7,12-13,15H2,1-4H3,(H,28,32)/t24-/m0/s1. The Labute approximate surface area is 209 Å². The Bertz CT molecular complexity index is 1220. The van der Waals surface area contributed by atoms with Crippen molar-refractivity contribution in [3.05, 3.63) is 58.6 Å². The number of aromatic nitrogens is 1. The van der Waals surface area contributed by atoms with Crippen molar-refractivity contribution < 1.29 is 14.3 Å². The Morgan fingerprint density at radius 2 is 2.03 bits per heavy atom. The molecular formula is C26H30ClN3O3S. The van der Waals surface area contributed by atoms with Crippen molar-refractivity contribution in [2.45, 2.75) is 44.4 Å². The van der Waals surface area contributed by atoms with Gasteiger partial charge >= 0.3 is 0 Å². The Kier molecular flexibility index (Phi) is 7.55. The monoisotopic (exact) mass is 499 g/mol. The molecule has 1 aliphatic rings. The molecule has 4 rings (SSSR count). The third kappa shape index (κ3) is 4.83. The van der Waals surface area contributed by atoms with E-state index in [1.54, 1.807) is 4.90 Å². The number of ether oxygens (including phenoxy) is 1. The number of fused-ring (bicyclic) bond motifs is 3. The number of halogens is 1. The first-order valence-corrected chi connectivity index (χ1v) is 12.8. The van der Waals surface area contributed by atoms with Gasteiger partial charge in [0.1, 0.15) is 6.04 Å². The summed E-state index contributed by atoms with van der Waals surface area (Å²) in [6, 6.07) is 12.7. The molecule has 0 saturated carbocycles. The molecule has 8 heteroatoms. The molecule has 3 aromatic rings. The summed E-state index contributed by atoms with van der Waals surface area (Å²) in [7, 11) is 1.98. The highest BCUT2D eigenvalue weighted by Crippen LogP contribution is 2.44. The topological polar surface area (TPSA) is 63.6 Å². The molecule has 0 spiro atoms. The van der Waals surface area contributed by atoms with Gasteiger partial charge in [-0.2, -0.15) is 0 Å². The van der Waals surface area contributed by atoms with Crippen molar-refractivity contribution in [3.8, 4) is 0 Å². The van der Waals surface area contributed by atoms with Crippen LogP contribution >= 0.6 is 23.4 Å². The predicted octanol–water partition coefficient (Wildman–Crippen LogP) is 5.25. The van der Waals surface area contributed by atoms with Gasteiger partial charge < -0.3 is 14.6 Å². The van der Waals surface area contributed by atoms with Crippen molar-refractivity contribution in [2.24, 2.45) is 7.05 Å². The fourth-order valence-electron chi connectivity index (χ4n) is 4.34. The Morgan fingerprint density at radius 3 is 2.76 bits per heavy atom. The smallest absolute Gasteiger partial charge is 0.247 e. The van der Waals surface area contributed by atoms with Gasteiger partial charge in [0.25, 0.3) is 0 Å². The Balaban J connectivity index is 1.79. The van der Waals surface area contributed by atoms with Gasteiger partial charge in [-0.1, -0.05) is 47.6 Å². The largest absolute Gasteiger partial charge is 0.379 e. The summed E-state index contributed by atoms with van der Waals surface area (Å²) in [6.07, 6.45) is 0.831. The Hall–Kier alpha value is -2.48. The average molecular weight is 500 g/mol. The molecule has 0 aliphatic carbocycles. The van der Waals surface area contributed by atoms with Gasteiger partial charge in [-0.3, -0.25) is 14.5 Å². The van der Waals surface area contributed by atoms with E-state index in [1.807, 2.05) is 70.3 Å². The van der Waals surface area contributed by atoms with Crippen LogP contribution in [0, 0.1) is 6.92 Å². The van der Waals surface area contributed by atoms with E-state index < -0.39 is 6.04 Å². The number of carbonyl (C=O) groups is 2. The number of para-hydroxylation sites is 1. The molecule has 1 N–H and O–H groups in total. The highest BCUT2D eigenvalue weighted by Gasteiger charge is 2.40. The molecule has 180 valence electrons. The highest BCUT2D eigenvalue weighted by atomic mass is 35.5. The number of amides is 2. The number of hydrogen-bond acceptors (Lipinski definition) is 4. The van der Waals surface area contributed by atoms with E-state index in [1.165, 1.54) is 11.8 Å². The summed E-state index contributed by atoms with van der Waals surface area (Å²) in [5.41, 5.74) is 3.39. The van der Waals surface area contributed by atoms with Crippen LogP contribution in [0.25, 0.3) is 10.9 Å². The second-order valence-electron chi connectivity index (χ2n) is 8.77. The maximum Gasteiger partial charge on any atom is 0.247 e. The van der Waals surface area contributed by atoms with E-state index in [2.05, 4.69) is 9.88 Å². The average Bonchev–Trinajstić information content (AvgIpc) is 2.97. The predicted molar refractivity (Wildman–Crippen MR) is 139 cm³/mol. The van der Waals surface area contributed by atoms with Crippen LogP contribution < -0.4 is 10.2 Å². The zero-order valence-electron chi connectivity index (χ0n) is 19.9. The fourth-order valence-corrected chi connectivity index (χ4v) is 5.73. The van der Waals surface area contributed by atoms with E-state index in [4.69, 9.17) is 16.3 Å². The number of rotatable bonds is 7. The maximum atomic E-state index is 13.8. The van der Waals surface area contributed by atoms with Crippen LogP contribution in [0.4, 0.5) is 5.69 Å². The van der Waals surface area contributed by atoms with E-state index in [0.29, 0.717) is 30.3 Å². The molecule has 2 heterocycles. The second kappa shape index (κ2) is 10.4. The number of benzene rings is 2. The summed E-state index contributed by atoms with van der Waals surface area (Å²) in [6.45, 7) is 6.93. The lowest BCUT2D eigenvalue weighted by Crippen LogP contribution is -2.44. The third-order valence-electron chi connectivity index (χ3n) is 5.91. The first-order chi connectivity index (χ1) is 16.3. The number of carbonyl (C=O) groups excluding carboxylic acids is 2. The van der Waals surface area contributed by atoms with Crippen LogP contribution in [-0.4, -0.2) is 41.4 Å².